The van der Waals surface area contributed by atoms with Gasteiger partial charge < -0.3 is 15.7 Å². The minimum Gasteiger partial charge on any atom is -0.393 e. The molecule has 0 radical (unpaired) electrons. The van der Waals surface area contributed by atoms with E-state index in [9.17, 15) is 5.11 Å². The molecule has 2 unspecified atom stereocenters. The fourth-order valence-electron chi connectivity index (χ4n) is 3.38. The number of aromatic nitrogens is 1. The summed E-state index contributed by atoms with van der Waals surface area (Å²) in [7, 11) is 0. The summed E-state index contributed by atoms with van der Waals surface area (Å²) in [6, 6.07) is 5.03. The number of anilines is 1. The zero-order valence-electron chi connectivity index (χ0n) is 10.8. The van der Waals surface area contributed by atoms with E-state index >= 15 is 0 Å². The smallest absolute Gasteiger partial charge is 0.129 e. The maximum Gasteiger partial charge on any atom is 0.129 e. The average Bonchev–Trinajstić information content (AvgIpc) is 2.62. The zero-order chi connectivity index (χ0) is 12.7. The highest BCUT2D eigenvalue weighted by atomic mass is 16.3. The van der Waals surface area contributed by atoms with Gasteiger partial charge in [0.2, 0.25) is 0 Å². The van der Waals surface area contributed by atoms with Crippen LogP contribution in [0.25, 0.3) is 0 Å². The Morgan fingerprint density at radius 1 is 1.39 bits per heavy atom. The van der Waals surface area contributed by atoms with Gasteiger partial charge in [0, 0.05) is 24.3 Å². The molecule has 0 aromatic carbocycles. The summed E-state index contributed by atoms with van der Waals surface area (Å²) in [6.07, 6.45) is 5.81. The molecule has 18 heavy (non-hydrogen) atoms. The summed E-state index contributed by atoms with van der Waals surface area (Å²) >= 11 is 0. The van der Waals surface area contributed by atoms with E-state index in [0.717, 1.165) is 24.2 Å². The first-order valence-electron chi connectivity index (χ1n) is 6.83. The van der Waals surface area contributed by atoms with Crippen LogP contribution in [0.3, 0.4) is 0 Å². The van der Waals surface area contributed by atoms with Gasteiger partial charge in [0.05, 0.1) is 6.10 Å². The molecule has 3 N–H and O–H groups in total. The Morgan fingerprint density at radius 2 is 2.06 bits per heavy atom. The van der Waals surface area contributed by atoms with Crippen LogP contribution in [0.15, 0.2) is 18.3 Å². The Balaban J connectivity index is 1.89. The molecule has 3 heterocycles. The van der Waals surface area contributed by atoms with Crippen molar-refractivity contribution in [3.63, 3.8) is 0 Å². The summed E-state index contributed by atoms with van der Waals surface area (Å²) in [4.78, 5) is 6.90. The number of aliphatic hydroxyl groups is 1. The van der Waals surface area contributed by atoms with Gasteiger partial charge in [-0.3, -0.25) is 0 Å². The Morgan fingerprint density at radius 3 is 2.67 bits per heavy atom. The summed E-state index contributed by atoms with van der Waals surface area (Å²) in [5, 5.41) is 9.83. The van der Waals surface area contributed by atoms with Crippen molar-refractivity contribution in [1.82, 2.24) is 4.98 Å². The molecule has 0 aliphatic carbocycles. The number of fused-ring (bicyclic) bond motifs is 2. The molecule has 2 bridgehead atoms. The van der Waals surface area contributed by atoms with Crippen LogP contribution in [-0.2, 0) is 0 Å². The number of nitrogens with zero attached hydrogens (tertiary/aromatic N) is 2. The molecule has 1 aromatic heterocycles. The van der Waals surface area contributed by atoms with Gasteiger partial charge in [0.1, 0.15) is 5.82 Å². The van der Waals surface area contributed by atoms with Gasteiger partial charge in [-0.25, -0.2) is 4.98 Å². The lowest BCUT2D eigenvalue weighted by atomic mass is 9.99. The van der Waals surface area contributed by atoms with Crippen molar-refractivity contribution in [3.05, 3.63) is 23.9 Å². The number of nitrogens with two attached hydrogens (primary N) is 1. The highest BCUT2D eigenvalue weighted by Crippen LogP contribution is 2.38. The molecule has 4 nitrogen and oxygen atoms in total. The normalized spacial score (nSPS) is 32.6. The second-order valence-corrected chi connectivity index (χ2v) is 5.65. The second-order valence-electron chi connectivity index (χ2n) is 5.65. The van der Waals surface area contributed by atoms with E-state index in [0.29, 0.717) is 12.1 Å². The van der Waals surface area contributed by atoms with Crippen molar-refractivity contribution in [2.75, 3.05) is 4.90 Å². The van der Waals surface area contributed by atoms with Gasteiger partial charge in [-0.05, 0) is 50.3 Å². The quantitative estimate of drug-likeness (QED) is 0.833. The van der Waals surface area contributed by atoms with Gasteiger partial charge in [-0.1, -0.05) is 0 Å². The van der Waals surface area contributed by atoms with Crippen molar-refractivity contribution < 1.29 is 5.11 Å². The van der Waals surface area contributed by atoms with Crippen LogP contribution in [0, 0.1) is 0 Å². The summed E-state index contributed by atoms with van der Waals surface area (Å²) in [6.45, 7) is 1.99. The minimum absolute atomic E-state index is 0.0415. The molecule has 0 spiro atoms. The van der Waals surface area contributed by atoms with E-state index in [1.54, 1.807) is 0 Å². The van der Waals surface area contributed by atoms with Crippen LogP contribution in [0.5, 0.6) is 0 Å². The van der Waals surface area contributed by atoms with Crippen molar-refractivity contribution >= 4 is 5.82 Å². The molecule has 0 saturated carbocycles. The average molecular weight is 247 g/mol. The van der Waals surface area contributed by atoms with E-state index in [2.05, 4.69) is 16.0 Å². The minimum atomic E-state index is -0.129. The van der Waals surface area contributed by atoms with Gasteiger partial charge in [0.15, 0.2) is 0 Å². The fraction of sp³-hybridized carbons (Fsp3) is 0.643. The Bertz CT molecular complexity index is 421. The lowest BCUT2D eigenvalue weighted by Gasteiger charge is -2.38. The van der Waals surface area contributed by atoms with E-state index in [-0.39, 0.29) is 12.1 Å². The number of rotatable bonds is 2. The molecule has 2 aliphatic heterocycles. The lowest BCUT2D eigenvalue weighted by Crippen LogP contribution is -2.45. The third-order valence-electron chi connectivity index (χ3n) is 4.27. The molecule has 2 saturated heterocycles. The van der Waals surface area contributed by atoms with Crippen molar-refractivity contribution in [2.24, 2.45) is 5.73 Å². The largest absolute Gasteiger partial charge is 0.393 e. The summed E-state index contributed by atoms with van der Waals surface area (Å²) < 4.78 is 0. The van der Waals surface area contributed by atoms with Gasteiger partial charge in [0.25, 0.3) is 0 Å². The summed E-state index contributed by atoms with van der Waals surface area (Å²) in [5.74, 6) is 1.03. The maximum absolute atomic E-state index is 9.83. The first-order valence-corrected chi connectivity index (χ1v) is 6.83. The van der Waals surface area contributed by atoms with Crippen LogP contribution in [0.1, 0.15) is 44.2 Å². The third kappa shape index (κ3) is 1.99. The predicted molar refractivity (Wildman–Crippen MR) is 71.4 cm³/mol. The molecule has 2 aliphatic rings. The molecule has 3 rings (SSSR count). The number of piperidine rings is 1. The Kier molecular flexibility index (Phi) is 2.99. The first-order chi connectivity index (χ1) is 8.65. The first kappa shape index (κ1) is 11.9. The molecule has 2 fully saturated rings. The topological polar surface area (TPSA) is 62.4 Å². The summed E-state index contributed by atoms with van der Waals surface area (Å²) in [5.41, 5.74) is 7.06. The highest BCUT2D eigenvalue weighted by Gasteiger charge is 2.40. The monoisotopic (exact) mass is 247 g/mol. The third-order valence-corrected chi connectivity index (χ3v) is 4.27. The molecular formula is C14H21N3O. The van der Waals surface area contributed by atoms with E-state index < -0.39 is 0 Å². The van der Waals surface area contributed by atoms with Crippen LogP contribution in [-0.4, -0.2) is 28.3 Å². The number of aliphatic hydroxyl groups excluding tert-OH is 1. The molecule has 1 aromatic rings. The highest BCUT2D eigenvalue weighted by molar-refractivity contribution is 5.46. The van der Waals surface area contributed by atoms with E-state index in [4.69, 9.17) is 5.73 Å². The standard InChI is InChI=1S/C14H21N3O/c1-9(15)10-4-5-16-14(6-10)17-11-2-3-12(17)8-13(18)7-11/h4-6,9,11-13,18H,2-3,7-8,15H2,1H3/t9-,11?,12?,13?/m0/s1. The predicted octanol–water partition coefficient (Wildman–Crippen LogP) is 1.59. The molecular weight excluding hydrogens is 226 g/mol. The molecule has 0 amide bonds. The van der Waals surface area contributed by atoms with E-state index in [1.807, 2.05) is 19.2 Å². The zero-order valence-corrected chi connectivity index (χ0v) is 10.8. The molecule has 3 atom stereocenters. The van der Waals surface area contributed by atoms with Crippen LogP contribution in [0.2, 0.25) is 0 Å². The number of hydrogen-bond acceptors (Lipinski definition) is 4. The fourth-order valence-corrected chi connectivity index (χ4v) is 3.38. The van der Waals surface area contributed by atoms with E-state index in [1.165, 1.54) is 12.8 Å². The van der Waals surface area contributed by atoms with Crippen LogP contribution < -0.4 is 10.6 Å². The maximum atomic E-state index is 9.83. The number of hydrogen-bond donors (Lipinski definition) is 2. The van der Waals surface area contributed by atoms with Gasteiger partial charge in [-0.2, -0.15) is 0 Å². The van der Waals surface area contributed by atoms with Crippen LogP contribution >= 0.6 is 0 Å². The SMILES string of the molecule is C[C@H](N)c1ccnc(N2C3CCC2CC(O)C3)c1. The molecule has 98 valence electrons. The second kappa shape index (κ2) is 4.52. The van der Waals surface area contributed by atoms with Crippen LogP contribution in [0.4, 0.5) is 5.82 Å². The van der Waals surface area contributed by atoms with Crippen molar-refractivity contribution in [1.29, 1.82) is 0 Å². The van der Waals surface area contributed by atoms with Crippen molar-refractivity contribution in [2.45, 2.75) is 56.8 Å². The van der Waals surface area contributed by atoms with Crippen molar-refractivity contribution in [3.8, 4) is 0 Å². The molecule has 4 heteroatoms. The lowest BCUT2D eigenvalue weighted by molar-refractivity contribution is 0.126. The Hall–Kier alpha value is -1.13. The number of pyridine rings is 1. The Labute approximate surface area is 108 Å². The van der Waals surface area contributed by atoms with Gasteiger partial charge >= 0.3 is 0 Å². The van der Waals surface area contributed by atoms with Gasteiger partial charge in [-0.15, -0.1) is 0 Å².